The van der Waals surface area contributed by atoms with Crippen LogP contribution in [0.2, 0.25) is 0 Å². The van der Waals surface area contributed by atoms with Crippen LogP contribution in [0.15, 0.2) is 9.98 Å². The van der Waals surface area contributed by atoms with Crippen molar-refractivity contribution in [3.05, 3.63) is 0 Å². The van der Waals surface area contributed by atoms with Gasteiger partial charge in [-0.05, 0) is 32.1 Å². The predicted octanol–water partition coefficient (Wildman–Crippen LogP) is 3.83. The average Bonchev–Trinajstić information content (AvgIpc) is 2.78. The van der Waals surface area contributed by atoms with Gasteiger partial charge in [0, 0.05) is 16.9 Å². The first-order valence-corrected chi connectivity index (χ1v) is 7.57. The highest BCUT2D eigenvalue weighted by Crippen LogP contribution is 2.36. The molecule has 3 nitrogen and oxygen atoms in total. The van der Waals surface area contributed by atoms with Crippen molar-refractivity contribution in [3.63, 3.8) is 0 Å². The Kier molecular flexibility index (Phi) is 3.32. The summed E-state index contributed by atoms with van der Waals surface area (Å²) in [5, 5.41) is 1.76. The summed E-state index contributed by atoms with van der Waals surface area (Å²) in [6.07, 6.45) is 9.94. The number of nitrogens with zero attached hydrogens (tertiary/aromatic N) is 2. The Morgan fingerprint density at radius 1 is 1.00 bits per heavy atom. The molecule has 4 heteroatoms. The number of fused-ring (bicyclic) bond motifs is 1. The zero-order chi connectivity index (χ0) is 11.7. The van der Waals surface area contributed by atoms with E-state index in [0.29, 0.717) is 11.2 Å². The molecule has 0 aromatic heterocycles. The van der Waals surface area contributed by atoms with E-state index in [1.807, 2.05) is 11.8 Å². The maximum atomic E-state index is 11.5. The number of aliphatic imine (C=N–C) groups is 2. The Hall–Kier alpha value is -0.640. The fraction of sp³-hybridized carbons (Fsp3) is 0.769. The third-order valence-electron chi connectivity index (χ3n) is 3.91. The Morgan fingerprint density at radius 3 is 2.65 bits per heavy atom. The van der Waals surface area contributed by atoms with Gasteiger partial charge in [-0.2, -0.15) is 4.99 Å². The molecular formula is C13H18N2OS. The molecule has 1 heterocycles. The molecule has 1 aliphatic heterocycles. The highest BCUT2D eigenvalue weighted by molar-refractivity contribution is 8.14. The second kappa shape index (κ2) is 4.92. The van der Waals surface area contributed by atoms with Crippen LogP contribution in [0.3, 0.4) is 0 Å². The number of hydrogen-bond donors (Lipinski definition) is 0. The molecular weight excluding hydrogens is 232 g/mol. The SMILES string of the molecule is O=C1N=C2CCCC2C(SC2CCCCC2)=N1. The van der Waals surface area contributed by atoms with Crippen molar-refractivity contribution >= 4 is 28.5 Å². The highest BCUT2D eigenvalue weighted by atomic mass is 32.2. The minimum atomic E-state index is -0.267. The molecule has 2 fully saturated rings. The number of carbonyl (C=O) groups is 1. The molecule has 3 aliphatic rings. The monoisotopic (exact) mass is 250 g/mol. The lowest BCUT2D eigenvalue weighted by Crippen LogP contribution is -2.25. The predicted molar refractivity (Wildman–Crippen MR) is 72.1 cm³/mol. The molecule has 2 amide bonds. The summed E-state index contributed by atoms with van der Waals surface area (Å²) in [7, 11) is 0. The molecule has 3 rings (SSSR count). The summed E-state index contributed by atoms with van der Waals surface area (Å²) in [4.78, 5) is 19.7. The second-order valence-electron chi connectivity index (χ2n) is 5.16. The van der Waals surface area contributed by atoms with E-state index < -0.39 is 0 Å². The van der Waals surface area contributed by atoms with Gasteiger partial charge in [-0.3, -0.25) is 0 Å². The van der Waals surface area contributed by atoms with E-state index >= 15 is 0 Å². The molecule has 92 valence electrons. The molecule has 0 radical (unpaired) electrons. The summed E-state index contributed by atoms with van der Waals surface area (Å²) in [5.74, 6) is 0.389. The molecule has 0 saturated heterocycles. The Bertz CT molecular complexity index is 383. The smallest absolute Gasteiger partial charge is 0.244 e. The van der Waals surface area contributed by atoms with Gasteiger partial charge in [-0.1, -0.05) is 19.3 Å². The zero-order valence-electron chi connectivity index (χ0n) is 10.0. The van der Waals surface area contributed by atoms with Gasteiger partial charge in [0.1, 0.15) is 0 Å². The lowest BCUT2D eigenvalue weighted by molar-refractivity contribution is 0.256. The molecule has 0 spiro atoms. The van der Waals surface area contributed by atoms with Crippen LogP contribution in [0, 0.1) is 5.92 Å². The topological polar surface area (TPSA) is 41.8 Å². The summed E-state index contributed by atoms with van der Waals surface area (Å²) >= 11 is 1.87. The van der Waals surface area contributed by atoms with Crippen molar-refractivity contribution in [1.82, 2.24) is 0 Å². The van der Waals surface area contributed by atoms with Crippen molar-refractivity contribution < 1.29 is 4.79 Å². The van der Waals surface area contributed by atoms with Crippen LogP contribution in [0.5, 0.6) is 0 Å². The van der Waals surface area contributed by atoms with Crippen molar-refractivity contribution in [2.75, 3.05) is 0 Å². The minimum Gasteiger partial charge on any atom is -0.244 e. The fourth-order valence-corrected chi connectivity index (χ4v) is 4.47. The maximum Gasteiger partial charge on any atom is 0.367 e. The normalized spacial score (nSPS) is 29.9. The van der Waals surface area contributed by atoms with Crippen molar-refractivity contribution in [3.8, 4) is 0 Å². The van der Waals surface area contributed by atoms with Gasteiger partial charge in [0.2, 0.25) is 0 Å². The van der Waals surface area contributed by atoms with Crippen molar-refractivity contribution in [2.24, 2.45) is 15.9 Å². The van der Waals surface area contributed by atoms with E-state index in [1.165, 1.54) is 38.5 Å². The molecule has 0 aromatic carbocycles. The van der Waals surface area contributed by atoms with Crippen LogP contribution >= 0.6 is 11.8 Å². The van der Waals surface area contributed by atoms with Gasteiger partial charge in [0.05, 0.1) is 5.04 Å². The van der Waals surface area contributed by atoms with Gasteiger partial charge in [0.15, 0.2) is 0 Å². The summed E-state index contributed by atoms with van der Waals surface area (Å²) in [6, 6.07) is -0.267. The van der Waals surface area contributed by atoms with Crippen molar-refractivity contribution in [2.45, 2.75) is 56.6 Å². The summed E-state index contributed by atoms with van der Waals surface area (Å²) in [5.41, 5.74) is 1.10. The third kappa shape index (κ3) is 2.46. The standard InChI is InChI=1S/C13H18N2OS/c16-13-14-11-8-4-7-10(11)12(15-13)17-9-5-2-1-3-6-9/h9-10H,1-8H2. The molecule has 2 saturated carbocycles. The first kappa shape index (κ1) is 11.5. The molecule has 2 aliphatic carbocycles. The van der Waals surface area contributed by atoms with Gasteiger partial charge >= 0.3 is 6.03 Å². The molecule has 0 bridgehead atoms. The quantitative estimate of drug-likeness (QED) is 0.709. The fourth-order valence-electron chi connectivity index (χ4n) is 3.01. The van der Waals surface area contributed by atoms with E-state index in [-0.39, 0.29) is 6.03 Å². The molecule has 0 aromatic rings. The number of amides is 2. The first-order chi connectivity index (χ1) is 8.33. The van der Waals surface area contributed by atoms with Gasteiger partial charge < -0.3 is 0 Å². The van der Waals surface area contributed by atoms with Crippen LogP contribution in [-0.2, 0) is 0 Å². The van der Waals surface area contributed by atoms with Crippen LogP contribution in [-0.4, -0.2) is 22.0 Å². The minimum absolute atomic E-state index is 0.267. The Morgan fingerprint density at radius 2 is 1.82 bits per heavy atom. The number of urea groups is 1. The largest absolute Gasteiger partial charge is 0.367 e. The molecule has 1 atom stereocenters. The first-order valence-electron chi connectivity index (χ1n) is 6.69. The zero-order valence-corrected chi connectivity index (χ0v) is 10.8. The van der Waals surface area contributed by atoms with E-state index in [4.69, 9.17) is 0 Å². The average molecular weight is 250 g/mol. The summed E-state index contributed by atoms with van der Waals surface area (Å²) in [6.45, 7) is 0. The van der Waals surface area contributed by atoms with Crippen molar-refractivity contribution in [1.29, 1.82) is 0 Å². The number of rotatable bonds is 1. The van der Waals surface area contributed by atoms with E-state index in [2.05, 4.69) is 9.98 Å². The van der Waals surface area contributed by atoms with Gasteiger partial charge in [-0.25, -0.2) is 9.79 Å². The number of hydrogen-bond acceptors (Lipinski definition) is 2. The van der Waals surface area contributed by atoms with Crippen LogP contribution in [0.25, 0.3) is 0 Å². The van der Waals surface area contributed by atoms with Crippen LogP contribution < -0.4 is 0 Å². The van der Waals surface area contributed by atoms with Gasteiger partial charge in [0.25, 0.3) is 0 Å². The lowest BCUT2D eigenvalue weighted by atomic mass is 10.0. The molecule has 0 N–H and O–H groups in total. The maximum absolute atomic E-state index is 11.5. The second-order valence-corrected chi connectivity index (χ2v) is 6.48. The Labute approximate surface area is 106 Å². The summed E-state index contributed by atoms with van der Waals surface area (Å²) < 4.78 is 0. The van der Waals surface area contributed by atoms with Crippen LogP contribution in [0.4, 0.5) is 4.79 Å². The van der Waals surface area contributed by atoms with E-state index in [1.54, 1.807) is 0 Å². The lowest BCUT2D eigenvalue weighted by Gasteiger charge is -2.24. The van der Waals surface area contributed by atoms with Gasteiger partial charge in [-0.15, -0.1) is 11.8 Å². The van der Waals surface area contributed by atoms with E-state index in [9.17, 15) is 4.79 Å². The van der Waals surface area contributed by atoms with E-state index in [0.717, 1.165) is 23.6 Å². The van der Waals surface area contributed by atoms with Crippen LogP contribution in [0.1, 0.15) is 51.4 Å². The third-order valence-corrected chi connectivity index (χ3v) is 5.33. The number of carbonyl (C=O) groups excluding carboxylic acids is 1. The number of thioether (sulfide) groups is 1. The Balaban J connectivity index is 1.71. The molecule has 1 unspecified atom stereocenters. The molecule has 17 heavy (non-hydrogen) atoms. The highest BCUT2D eigenvalue weighted by Gasteiger charge is 2.33.